The number of nitrogens with zero attached hydrogens (tertiary/aromatic N) is 2. The SMILES string of the molecule is Cc1nn(-c2ccc(C(=O)O)cc2)c2c1C(c1ccsc1)SCC(=O)N2. The van der Waals surface area contributed by atoms with E-state index in [0.717, 1.165) is 16.8 Å². The van der Waals surface area contributed by atoms with Crippen molar-refractivity contribution < 1.29 is 14.7 Å². The van der Waals surface area contributed by atoms with Crippen LogP contribution in [0.4, 0.5) is 5.82 Å². The van der Waals surface area contributed by atoms with Crippen molar-refractivity contribution in [3.8, 4) is 5.69 Å². The van der Waals surface area contributed by atoms with Crippen LogP contribution in [0.1, 0.15) is 32.4 Å². The highest BCUT2D eigenvalue weighted by Crippen LogP contribution is 2.44. The first-order chi connectivity index (χ1) is 12.5. The molecule has 4 rings (SSSR count). The molecule has 0 bridgehead atoms. The lowest BCUT2D eigenvalue weighted by Gasteiger charge is -2.13. The van der Waals surface area contributed by atoms with Crippen LogP contribution in [0, 0.1) is 6.92 Å². The lowest BCUT2D eigenvalue weighted by atomic mass is 10.1. The molecule has 6 nitrogen and oxygen atoms in total. The summed E-state index contributed by atoms with van der Waals surface area (Å²) in [5.41, 5.74) is 3.89. The average Bonchev–Trinajstić information content (AvgIpc) is 3.21. The van der Waals surface area contributed by atoms with Crippen molar-refractivity contribution in [1.82, 2.24) is 9.78 Å². The number of fused-ring (bicyclic) bond motifs is 1. The van der Waals surface area contributed by atoms with Crippen molar-refractivity contribution >= 4 is 40.8 Å². The maximum atomic E-state index is 12.2. The van der Waals surface area contributed by atoms with Gasteiger partial charge in [-0.15, -0.1) is 11.8 Å². The van der Waals surface area contributed by atoms with Crippen LogP contribution in [0.5, 0.6) is 0 Å². The molecular formula is C18H15N3O3S2. The first kappa shape index (κ1) is 16.9. The number of benzene rings is 1. The Morgan fingerprint density at radius 2 is 2.08 bits per heavy atom. The number of hydrogen-bond acceptors (Lipinski definition) is 5. The van der Waals surface area contributed by atoms with Gasteiger partial charge in [-0.05, 0) is 53.6 Å². The fourth-order valence-corrected chi connectivity index (χ4v) is 4.95. The lowest BCUT2D eigenvalue weighted by Crippen LogP contribution is -2.15. The molecule has 1 aliphatic rings. The number of anilines is 1. The maximum Gasteiger partial charge on any atom is 0.335 e. The van der Waals surface area contributed by atoms with E-state index in [0.29, 0.717) is 17.3 Å². The summed E-state index contributed by atoms with van der Waals surface area (Å²) >= 11 is 3.21. The number of carboxylic acids is 1. The smallest absolute Gasteiger partial charge is 0.335 e. The number of carbonyl (C=O) groups excluding carboxylic acids is 1. The first-order valence-corrected chi connectivity index (χ1v) is 9.90. The quantitative estimate of drug-likeness (QED) is 0.718. The third-order valence-electron chi connectivity index (χ3n) is 4.21. The fourth-order valence-electron chi connectivity index (χ4n) is 3.00. The topological polar surface area (TPSA) is 84.2 Å². The summed E-state index contributed by atoms with van der Waals surface area (Å²) < 4.78 is 1.68. The molecule has 1 aliphatic heterocycles. The molecule has 3 heterocycles. The summed E-state index contributed by atoms with van der Waals surface area (Å²) in [6.45, 7) is 1.93. The second-order valence-electron chi connectivity index (χ2n) is 5.91. The van der Waals surface area contributed by atoms with Gasteiger partial charge < -0.3 is 10.4 Å². The number of carbonyl (C=O) groups is 2. The van der Waals surface area contributed by atoms with Crippen LogP contribution in [0.25, 0.3) is 5.69 Å². The zero-order chi connectivity index (χ0) is 18.3. The second kappa shape index (κ2) is 6.62. The Balaban J connectivity index is 1.85. The number of amides is 1. The number of aryl methyl sites for hydroxylation is 1. The van der Waals surface area contributed by atoms with Crippen molar-refractivity contribution in [3.63, 3.8) is 0 Å². The van der Waals surface area contributed by atoms with Crippen LogP contribution >= 0.6 is 23.1 Å². The van der Waals surface area contributed by atoms with Crippen LogP contribution in [-0.4, -0.2) is 32.5 Å². The average molecular weight is 385 g/mol. The molecular weight excluding hydrogens is 370 g/mol. The van der Waals surface area contributed by atoms with Crippen LogP contribution in [0.2, 0.25) is 0 Å². The third-order valence-corrected chi connectivity index (χ3v) is 6.18. The van der Waals surface area contributed by atoms with Gasteiger partial charge in [0.25, 0.3) is 0 Å². The minimum absolute atomic E-state index is 0.0299. The van der Waals surface area contributed by atoms with Gasteiger partial charge in [0.1, 0.15) is 5.82 Å². The van der Waals surface area contributed by atoms with Crippen molar-refractivity contribution in [1.29, 1.82) is 0 Å². The van der Waals surface area contributed by atoms with E-state index in [-0.39, 0.29) is 16.7 Å². The normalized spacial score (nSPS) is 16.7. The van der Waals surface area contributed by atoms with Gasteiger partial charge in [0.15, 0.2) is 0 Å². The van der Waals surface area contributed by atoms with E-state index in [9.17, 15) is 9.59 Å². The maximum absolute atomic E-state index is 12.2. The molecule has 0 fully saturated rings. The van der Waals surface area contributed by atoms with E-state index in [1.54, 1.807) is 39.9 Å². The van der Waals surface area contributed by atoms with Crippen molar-refractivity contribution in [2.24, 2.45) is 0 Å². The van der Waals surface area contributed by atoms with E-state index in [1.807, 2.05) is 12.3 Å². The van der Waals surface area contributed by atoms with Crippen LogP contribution < -0.4 is 5.32 Å². The summed E-state index contributed by atoms with van der Waals surface area (Å²) in [5, 5.41) is 20.8. The summed E-state index contributed by atoms with van der Waals surface area (Å²) in [4.78, 5) is 23.3. The number of thioether (sulfide) groups is 1. The van der Waals surface area contributed by atoms with E-state index < -0.39 is 5.97 Å². The predicted octanol–water partition coefficient (Wildman–Crippen LogP) is 3.72. The Morgan fingerprint density at radius 3 is 2.73 bits per heavy atom. The Hall–Kier alpha value is -2.58. The highest BCUT2D eigenvalue weighted by molar-refractivity contribution is 8.00. The van der Waals surface area contributed by atoms with Gasteiger partial charge in [0.2, 0.25) is 5.91 Å². The zero-order valence-electron chi connectivity index (χ0n) is 13.8. The van der Waals surface area contributed by atoms with E-state index in [1.165, 1.54) is 12.1 Å². The molecule has 0 saturated carbocycles. The standard InChI is InChI=1S/C18H15N3O3S2/c1-10-15-16(12-6-7-25-8-12)26-9-14(22)19-17(15)21(20-10)13-4-2-11(3-5-13)18(23)24/h2-8,16H,9H2,1H3,(H,19,22)(H,23,24). The number of nitrogens with one attached hydrogen (secondary N) is 1. The van der Waals surface area contributed by atoms with Gasteiger partial charge in [-0.2, -0.15) is 16.4 Å². The molecule has 3 aromatic rings. The van der Waals surface area contributed by atoms with Gasteiger partial charge in [-0.1, -0.05) is 0 Å². The molecule has 132 valence electrons. The summed E-state index contributed by atoms with van der Waals surface area (Å²) in [6.07, 6.45) is 0. The van der Waals surface area contributed by atoms with Gasteiger partial charge in [-0.3, -0.25) is 4.79 Å². The van der Waals surface area contributed by atoms with E-state index in [2.05, 4.69) is 21.9 Å². The van der Waals surface area contributed by atoms with Crippen molar-refractivity contribution in [3.05, 3.63) is 63.5 Å². The third kappa shape index (κ3) is 2.91. The molecule has 0 saturated heterocycles. The monoisotopic (exact) mass is 385 g/mol. The molecule has 1 unspecified atom stereocenters. The lowest BCUT2D eigenvalue weighted by molar-refractivity contribution is -0.113. The minimum Gasteiger partial charge on any atom is -0.478 e. The largest absolute Gasteiger partial charge is 0.478 e. The number of aromatic carboxylic acids is 1. The number of hydrogen-bond donors (Lipinski definition) is 2. The molecule has 2 aromatic heterocycles. The van der Waals surface area contributed by atoms with Crippen LogP contribution in [0.3, 0.4) is 0 Å². The molecule has 1 amide bonds. The van der Waals surface area contributed by atoms with Crippen LogP contribution in [0.15, 0.2) is 41.1 Å². The van der Waals surface area contributed by atoms with Crippen LogP contribution in [-0.2, 0) is 4.79 Å². The van der Waals surface area contributed by atoms with Gasteiger partial charge in [0.05, 0.1) is 27.9 Å². The zero-order valence-corrected chi connectivity index (χ0v) is 15.4. The highest BCUT2D eigenvalue weighted by Gasteiger charge is 2.30. The Kier molecular flexibility index (Phi) is 4.29. The molecule has 0 aliphatic carbocycles. The minimum atomic E-state index is -0.978. The van der Waals surface area contributed by atoms with Crippen molar-refractivity contribution in [2.75, 3.05) is 11.1 Å². The molecule has 0 spiro atoms. The molecule has 1 aromatic carbocycles. The summed E-state index contributed by atoms with van der Waals surface area (Å²) in [5.74, 6) is -0.0321. The van der Waals surface area contributed by atoms with Gasteiger partial charge in [0, 0.05) is 5.56 Å². The number of thiophene rings is 1. The fraction of sp³-hybridized carbons (Fsp3) is 0.167. The molecule has 2 N–H and O–H groups in total. The van der Waals surface area contributed by atoms with Gasteiger partial charge in [-0.25, -0.2) is 9.48 Å². The Bertz CT molecular complexity index is 978. The van der Waals surface area contributed by atoms with Gasteiger partial charge >= 0.3 is 5.97 Å². The first-order valence-electron chi connectivity index (χ1n) is 7.91. The Labute approximate surface area is 157 Å². The van der Waals surface area contributed by atoms with E-state index in [4.69, 9.17) is 5.11 Å². The van der Waals surface area contributed by atoms with E-state index >= 15 is 0 Å². The number of rotatable bonds is 3. The van der Waals surface area contributed by atoms with Crippen molar-refractivity contribution in [2.45, 2.75) is 12.2 Å². The molecule has 1 atom stereocenters. The second-order valence-corrected chi connectivity index (χ2v) is 7.78. The Morgan fingerprint density at radius 1 is 1.31 bits per heavy atom. The number of aromatic nitrogens is 2. The summed E-state index contributed by atoms with van der Waals surface area (Å²) in [7, 11) is 0. The molecule has 0 radical (unpaired) electrons. The molecule has 26 heavy (non-hydrogen) atoms. The molecule has 8 heteroatoms. The predicted molar refractivity (Wildman–Crippen MR) is 103 cm³/mol. The summed E-state index contributed by atoms with van der Waals surface area (Å²) in [6, 6.07) is 8.52. The number of carboxylic acid groups (broad SMARTS) is 1. The highest BCUT2D eigenvalue weighted by atomic mass is 32.2.